The molecule has 0 aromatic carbocycles. The van der Waals surface area contributed by atoms with Gasteiger partial charge in [-0.05, 0) is 12.3 Å². The summed E-state index contributed by atoms with van der Waals surface area (Å²) in [4.78, 5) is 11.8. The maximum atomic E-state index is 12.7. The second-order valence-corrected chi connectivity index (χ2v) is 5.36. The first-order chi connectivity index (χ1) is 7.20. The molecule has 1 N–H and O–H groups in total. The normalized spacial score (nSPS) is 22.6. The Morgan fingerprint density at radius 3 is 2.38 bits per heavy atom. The van der Waals surface area contributed by atoms with Gasteiger partial charge in [-0.15, -0.1) is 0 Å². The third-order valence-electron chi connectivity index (χ3n) is 3.50. The fourth-order valence-electron chi connectivity index (χ4n) is 2.23. The largest absolute Gasteiger partial charge is 0.392 e. The standard InChI is InChI=1S/C12H20F2O2/c1-4-5-9(15)11(2,3)10(16)8-6-12(13,14)7-8/h8,10,16H,4-7H2,1-3H3. The zero-order valence-corrected chi connectivity index (χ0v) is 10.1. The molecule has 0 aliphatic heterocycles. The highest BCUT2D eigenvalue weighted by Gasteiger charge is 2.52. The zero-order valence-electron chi connectivity index (χ0n) is 10.1. The van der Waals surface area contributed by atoms with E-state index in [1.54, 1.807) is 13.8 Å². The SMILES string of the molecule is CCCC(=O)C(C)(C)C(O)C1CC(F)(F)C1. The Hall–Kier alpha value is -0.510. The van der Waals surface area contributed by atoms with Gasteiger partial charge in [0, 0.05) is 24.7 Å². The summed E-state index contributed by atoms with van der Waals surface area (Å²) in [6.07, 6.45) is -0.428. The van der Waals surface area contributed by atoms with E-state index in [2.05, 4.69) is 0 Å². The predicted molar refractivity (Wildman–Crippen MR) is 57.4 cm³/mol. The Balaban J connectivity index is 2.59. The first-order valence-corrected chi connectivity index (χ1v) is 5.80. The molecule has 94 valence electrons. The Morgan fingerprint density at radius 2 is 2.00 bits per heavy atom. The molecule has 1 aliphatic carbocycles. The monoisotopic (exact) mass is 234 g/mol. The lowest BCUT2D eigenvalue weighted by molar-refractivity contribution is -0.168. The molecule has 0 radical (unpaired) electrons. The topological polar surface area (TPSA) is 37.3 Å². The highest BCUT2D eigenvalue weighted by atomic mass is 19.3. The summed E-state index contributed by atoms with van der Waals surface area (Å²) >= 11 is 0. The molecule has 1 saturated carbocycles. The van der Waals surface area contributed by atoms with Crippen molar-refractivity contribution in [2.75, 3.05) is 0 Å². The molecule has 1 rings (SSSR count). The van der Waals surface area contributed by atoms with Crippen molar-refractivity contribution in [2.24, 2.45) is 11.3 Å². The number of rotatable bonds is 5. The van der Waals surface area contributed by atoms with E-state index in [9.17, 15) is 18.7 Å². The number of carbonyl (C=O) groups excluding carboxylic acids is 1. The quantitative estimate of drug-likeness (QED) is 0.794. The fraction of sp³-hybridized carbons (Fsp3) is 0.917. The van der Waals surface area contributed by atoms with Crippen LogP contribution in [0.15, 0.2) is 0 Å². The molecule has 0 heterocycles. The van der Waals surface area contributed by atoms with E-state index in [1.807, 2.05) is 6.92 Å². The number of ketones is 1. The fourth-order valence-corrected chi connectivity index (χ4v) is 2.23. The third-order valence-corrected chi connectivity index (χ3v) is 3.50. The van der Waals surface area contributed by atoms with Crippen LogP contribution >= 0.6 is 0 Å². The summed E-state index contributed by atoms with van der Waals surface area (Å²) in [7, 11) is 0. The van der Waals surface area contributed by atoms with Crippen LogP contribution in [0.5, 0.6) is 0 Å². The number of alkyl halides is 2. The lowest BCUT2D eigenvalue weighted by atomic mass is 9.67. The van der Waals surface area contributed by atoms with Gasteiger partial charge in [0.25, 0.3) is 0 Å². The van der Waals surface area contributed by atoms with Crippen molar-refractivity contribution < 1.29 is 18.7 Å². The minimum Gasteiger partial charge on any atom is -0.392 e. The van der Waals surface area contributed by atoms with Crippen molar-refractivity contribution in [3.63, 3.8) is 0 Å². The van der Waals surface area contributed by atoms with E-state index < -0.39 is 23.4 Å². The van der Waals surface area contributed by atoms with Crippen molar-refractivity contribution >= 4 is 5.78 Å². The number of hydrogen-bond acceptors (Lipinski definition) is 2. The lowest BCUT2D eigenvalue weighted by Crippen LogP contribution is -2.50. The summed E-state index contributed by atoms with van der Waals surface area (Å²) in [6, 6.07) is 0. The average Bonchev–Trinajstić information content (AvgIpc) is 2.13. The predicted octanol–water partition coefficient (Wildman–Crippen LogP) is 2.79. The van der Waals surface area contributed by atoms with Crippen LogP contribution in [0, 0.1) is 11.3 Å². The van der Waals surface area contributed by atoms with Crippen molar-refractivity contribution in [2.45, 2.75) is 58.5 Å². The first kappa shape index (κ1) is 13.6. The summed E-state index contributed by atoms with van der Waals surface area (Å²) in [6.45, 7) is 5.18. The molecule has 0 amide bonds. The van der Waals surface area contributed by atoms with E-state index in [-0.39, 0.29) is 18.6 Å². The molecule has 0 saturated heterocycles. The van der Waals surface area contributed by atoms with Gasteiger partial charge in [-0.2, -0.15) is 0 Å². The van der Waals surface area contributed by atoms with Crippen LogP contribution in [0.3, 0.4) is 0 Å². The number of halogens is 2. The van der Waals surface area contributed by atoms with E-state index >= 15 is 0 Å². The Morgan fingerprint density at radius 1 is 1.50 bits per heavy atom. The smallest absolute Gasteiger partial charge is 0.248 e. The Kier molecular flexibility index (Phi) is 3.72. The summed E-state index contributed by atoms with van der Waals surface area (Å²) in [5, 5.41) is 9.97. The molecule has 2 nitrogen and oxygen atoms in total. The molecular weight excluding hydrogens is 214 g/mol. The van der Waals surface area contributed by atoms with Crippen molar-refractivity contribution in [1.29, 1.82) is 0 Å². The van der Waals surface area contributed by atoms with Crippen LogP contribution in [0.1, 0.15) is 46.5 Å². The van der Waals surface area contributed by atoms with Crippen LogP contribution in [0.25, 0.3) is 0 Å². The maximum absolute atomic E-state index is 12.7. The van der Waals surface area contributed by atoms with Gasteiger partial charge in [0.15, 0.2) is 0 Å². The number of carbonyl (C=O) groups is 1. The molecule has 0 aromatic heterocycles. The van der Waals surface area contributed by atoms with E-state index in [4.69, 9.17) is 0 Å². The highest BCUT2D eigenvalue weighted by Crippen LogP contribution is 2.47. The summed E-state index contributed by atoms with van der Waals surface area (Å²) in [5.74, 6) is -3.13. The number of aliphatic hydroxyl groups excluding tert-OH is 1. The van der Waals surface area contributed by atoms with Gasteiger partial charge >= 0.3 is 0 Å². The van der Waals surface area contributed by atoms with E-state index in [0.29, 0.717) is 6.42 Å². The highest BCUT2D eigenvalue weighted by molar-refractivity contribution is 5.84. The van der Waals surface area contributed by atoms with Gasteiger partial charge in [-0.25, -0.2) is 8.78 Å². The number of aliphatic hydroxyl groups is 1. The lowest BCUT2D eigenvalue weighted by Gasteiger charge is -2.43. The van der Waals surface area contributed by atoms with Crippen LogP contribution in [0.2, 0.25) is 0 Å². The van der Waals surface area contributed by atoms with Gasteiger partial charge < -0.3 is 5.11 Å². The molecule has 4 heteroatoms. The van der Waals surface area contributed by atoms with Gasteiger partial charge in [0.1, 0.15) is 5.78 Å². The average molecular weight is 234 g/mol. The second-order valence-electron chi connectivity index (χ2n) is 5.36. The Labute approximate surface area is 95.0 Å². The number of Topliss-reactive ketones (excluding diaryl/α,β-unsaturated/α-hetero) is 1. The van der Waals surface area contributed by atoms with Crippen molar-refractivity contribution in [3.05, 3.63) is 0 Å². The van der Waals surface area contributed by atoms with Crippen LogP contribution in [-0.2, 0) is 4.79 Å². The number of hydrogen-bond donors (Lipinski definition) is 1. The molecule has 0 bridgehead atoms. The van der Waals surface area contributed by atoms with Crippen LogP contribution in [-0.4, -0.2) is 22.9 Å². The maximum Gasteiger partial charge on any atom is 0.248 e. The summed E-state index contributed by atoms with van der Waals surface area (Å²) < 4.78 is 25.4. The van der Waals surface area contributed by atoms with Crippen molar-refractivity contribution in [1.82, 2.24) is 0 Å². The van der Waals surface area contributed by atoms with Gasteiger partial charge in [-0.3, -0.25) is 4.79 Å². The minimum absolute atomic E-state index is 0.0438. The van der Waals surface area contributed by atoms with Gasteiger partial charge in [-0.1, -0.05) is 20.8 Å². The van der Waals surface area contributed by atoms with Crippen LogP contribution in [0.4, 0.5) is 8.78 Å². The molecule has 1 fully saturated rings. The minimum atomic E-state index is -2.64. The zero-order chi connectivity index (χ0) is 12.6. The van der Waals surface area contributed by atoms with Gasteiger partial charge in [0.2, 0.25) is 5.92 Å². The Bertz CT molecular complexity index is 266. The molecule has 1 atom stereocenters. The molecular formula is C12H20F2O2. The van der Waals surface area contributed by atoms with E-state index in [1.165, 1.54) is 0 Å². The van der Waals surface area contributed by atoms with Crippen molar-refractivity contribution in [3.8, 4) is 0 Å². The van der Waals surface area contributed by atoms with Crippen LogP contribution < -0.4 is 0 Å². The molecule has 0 aromatic rings. The summed E-state index contributed by atoms with van der Waals surface area (Å²) in [5.41, 5.74) is -0.906. The van der Waals surface area contributed by atoms with E-state index in [0.717, 1.165) is 6.42 Å². The second kappa shape index (κ2) is 4.40. The molecule has 16 heavy (non-hydrogen) atoms. The molecule has 1 aliphatic rings. The third kappa shape index (κ3) is 2.59. The molecule has 0 spiro atoms. The van der Waals surface area contributed by atoms with Gasteiger partial charge in [0.05, 0.1) is 6.10 Å². The first-order valence-electron chi connectivity index (χ1n) is 5.80. The molecule has 1 unspecified atom stereocenters.